The van der Waals surface area contributed by atoms with Crippen molar-refractivity contribution in [1.82, 2.24) is 0 Å². The first-order valence-electron chi connectivity index (χ1n) is 7.06. The zero-order valence-electron chi connectivity index (χ0n) is 12.6. The number of carbonyl (C=O) groups is 2. The Balaban J connectivity index is 1.82. The van der Waals surface area contributed by atoms with E-state index in [4.69, 9.17) is 11.6 Å². The molecule has 0 atom stereocenters. The Morgan fingerprint density at radius 2 is 1.83 bits per heavy atom. The number of anilines is 2. The maximum absolute atomic E-state index is 11.9. The molecule has 0 saturated heterocycles. The molecule has 0 aliphatic carbocycles. The van der Waals surface area contributed by atoms with Crippen molar-refractivity contribution in [3.05, 3.63) is 59.1 Å². The molecule has 2 N–H and O–H groups in total. The van der Waals surface area contributed by atoms with E-state index in [2.05, 4.69) is 15.4 Å². The van der Waals surface area contributed by atoms with Gasteiger partial charge in [0, 0.05) is 29.4 Å². The number of carbonyl (C=O) groups excluding carboxylic acids is 2. The van der Waals surface area contributed by atoms with Crippen LogP contribution < -0.4 is 10.6 Å². The molecule has 23 heavy (non-hydrogen) atoms. The fourth-order valence-corrected chi connectivity index (χ4v) is 2.17. The van der Waals surface area contributed by atoms with Gasteiger partial charge in [0.25, 0.3) is 0 Å². The van der Waals surface area contributed by atoms with E-state index in [0.717, 1.165) is 5.69 Å². The number of amides is 1. The van der Waals surface area contributed by atoms with Gasteiger partial charge < -0.3 is 15.4 Å². The number of halogens is 1. The molecule has 1 amide bonds. The van der Waals surface area contributed by atoms with Gasteiger partial charge in [-0.3, -0.25) is 4.79 Å². The van der Waals surface area contributed by atoms with Gasteiger partial charge in [0.1, 0.15) is 0 Å². The molecule has 0 bridgehead atoms. The standard InChI is InChI=1S/C17H17ClN2O3/c1-23-17(22)12-4-2-6-14(10-12)19-9-8-16(21)20-15-7-3-5-13(18)11-15/h2-7,10-11,19H,8-9H2,1H3,(H,20,21). The van der Waals surface area contributed by atoms with Gasteiger partial charge in [0.2, 0.25) is 5.91 Å². The maximum atomic E-state index is 11.9. The lowest BCUT2D eigenvalue weighted by Gasteiger charge is -2.08. The first kappa shape index (κ1) is 16.8. The highest BCUT2D eigenvalue weighted by Gasteiger charge is 2.06. The van der Waals surface area contributed by atoms with Crippen LogP contribution in [0.1, 0.15) is 16.8 Å². The van der Waals surface area contributed by atoms with Crippen LogP contribution in [-0.2, 0) is 9.53 Å². The van der Waals surface area contributed by atoms with Gasteiger partial charge in [0.15, 0.2) is 0 Å². The Morgan fingerprint density at radius 1 is 1.09 bits per heavy atom. The summed E-state index contributed by atoms with van der Waals surface area (Å²) in [6, 6.07) is 13.9. The molecule has 6 heteroatoms. The minimum absolute atomic E-state index is 0.121. The molecule has 2 rings (SSSR count). The monoisotopic (exact) mass is 332 g/mol. The van der Waals surface area contributed by atoms with Crippen molar-refractivity contribution in [2.45, 2.75) is 6.42 Å². The molecule has 2 aromatic carbocycles. The van der Waals surface area contributed by atoms with E-state index in [0.29, 0.717) is 22.8 Å². The first-order valence-corrected chi connectivity index (χ1v) is 7.44. The Labute approximate surface area is 139 Å². The average Bonchev–Trinajstić information content (AvgIpc) is 2.54. The summed E-state index contributed by atoms with van der Waals surface area (Å²) in [6.07, 6.45) is 0.287. The van der Waals surface area contributed by atoms with Crippen LogP contribution in [0.2, 0.25) is 5.02 Å². The lowest BCUT2D eigenvalue weighted by atomic mass is 10.2. The second-order valence-corrected chi connectivity index (χ2v) is 5.24. The molecule has 0 aliphatic rings. The average molecular weight is 333 g/mol. The van der Waals surface area contributed by atoms with E-state index < -0.39 is 5.97 Å². The van der Waals surface area contributed by atoms with E-state index in [1.165, 1.54) is 7.11 Å². The molecule has 0 spiro atoms. The maximum Gasteiger partial charge on any atom is 0.337 e. The van der Waals surface area contributed by atoms with Crippen LogP contribution in [0.25, 0.3) is 0 Å². The number of hydrogen-bond acceptors (Lipinski definition) is 4. The number of ether oxygens (including phenoxy) is 1. The lowest BCUT2D eigenvalue weighted by Crippen LogP contribution is -2.16. The molecule has 0 unspecified atom stereocenters. The Bertz CT molecular complexity index is 704. The third-order valence-electron chi connectivity index (χ3n) is 3.07. The molecule has 0 aliphatic heterocycles. The summed E-state index contributed by atoms with van der Waals surface area (Å²) in [5.74, 6) is -0.517. The summed E-state index contributed by atoms with van der Waals surface area (Å²) in [4.78, 5) is 23.3. The molecule has 0 radical (unpaired) electrons. The van der Waals surface area contributed by atoms with Gasteiger partial charge in [-0.05, 0) is 36.4 Å². The summed E-state index contributed by atoms with van der Waals surface area (Å²) in [7, 11) is 1.34. The smallest absolute Gasteiger partial charge is 0.337 e. The fourth-order valence-electron chi connectivity index (χ4n) is 1.98. The number of esters is 1. The van der Waals surface area contributed by atoms with Gasteiger partial charge in [-0.1, -0.05) is 23.7 Å². The van der Waals surface area contributed by atoms with Gasteiger partial charge in [0.05, 0.1) is 12.7 Å². The molecule has 0 aromatic heterocycles. The largest absolute Gasteiger partial charge is 0.465 e. The zero-order valence-corrected chi connectivity index (χ0v) is 13.4. The number of benzene rings is 2. The van der Waals surface area contributed by atoms with Crippen LogP contribution in [-0.4, -0.2) is 25.5 Å². The van der Waals surface area contributed by atoms with E-state index in [-0.39, 0.29) is 12.3 Å². The molecule has 120 valence electrons. The zero-order chi connectivity index (χ0) is 16.7. The quantitative estimate of drug-likeness (QED) is 0.794. The van der Waals surface area contributed by atoms with Crippen LogP contribution in [0.5, 0.6) is 0 Å². The predicted molar refractivity (Wildman–Crippen MR) is 91.0 cm³/mol. The van der Waals surface area contributed by atoms with Crippen molar-refractivity contribution in [2.24, 2.45) is 0 Å². The molecule has 0 fully saturated rings. The third-order valence-corrected chi connectivity index (χ3v) is 3.31. The van der Waals surface area contributed by atoms with Crippen LogP contribution >= 0.6 is 11.6 Å². The Kier molecular flexibility index (Phi) is 6.00. The van der Waals surface area contributed by atoms with Crippen molar-refractivity contribution < 1.29 is 14.3 Å². The highest BCUT2D eigenvalue weighted by molar-refractivity contribution is 6.30. The number of hydrogen-bond donors (Lipinski definition) is 2. The number of rotatable bonds is 6. The summed E-state index contributed by atoms with van der Waals surface area (Å²) in [5.41, 5.74) is 1.87. The molecule has 0 heterocycles. The summed E-state index contributed by atoms with van der Waals surface area (Å²) in [5, 5.41) is 6.44. The predicted octanol–water partition coefficient (Wildman–Crippen LogP) is 3.57. The summed E-state index contributed by atoms with van der Waals surface area (Å²) >= 11 is 5.86. The Hall–Kier alpha value is -2.53. The normalized spacial score (nSPS) is 10.0. The van der Waals surface area contributed by atoms with Crippen molar-refractivity contribution in [2.75, 3.05) is 24.3 Å². The van der Waals surface area contributed by atoms with E-state index >= 15 is 0 Å². The lowest BCUT2D eigenvalue weighted by molar-refractivity contribution is -0.115. The third kappa shape index (κ3) is 5.30. The molecular formula is C17H17ClN2O3. The highest BCUT2D eigenvalue weighted by Crippen LogP contribution is 2.15. The van der Waals surface area contributed by atoms with Crippen molar-refractivity contribution in [1.29, 1.82) is 0 Å². The molecule has 2 aromatic rings. The fraction of sp³-hybridized carbons (Fsp3) is 0.176. The van der Waals surface area contributed by atoms with Gasteiger partial charge in [-0.2, -0.15) is 0 Å². The van der Waals surface area contributed by atoms with Crippen molar-refractivity contribution in [3.8, 4) is 0 Å². The minimum Gasteiger partial charge on any atom is -0.465 e. The Morgan fingerprint density at radius 3 is 2.57 bits per heavy atom. The molecular weight excluding hydrogens is 316 g/mol. The van der Waals surface area contributed by atoms with E-state index in [1.807, 2.05) is 6.07 Å². The van der Waals surface area contributed by atoms with Crippen molar-refractivity contribution in [3.63, 3.8) is 0 Å². The topological polar surface area (TPSA) is 67.4 Å². The van der Waals surface area contributed by atoms with Crippen molar-refractivity contribution >= 4 is 34.9 Å². The SMILES string of the molecule is COC(=O)c1cccc(NCCC(=O)Nc2cccc(Cl)c2)c1. The summed E-state index contributed by atoms with van der Waals surface area (Å²) in [6.45, 7) is 0.441. The molecule has 0 saturated carbocycles. The van der Waals surface area contributed by atoms with Crippen LogP contribution in [0.4, 0.5) is 11.4 Å². The second kappa shape index (κ2) is 8.19. The highest BCUT2D eigenvalue weighted by atomic mass is 35.5. The number of nitrogens with one attached hydrogen (secondary N) is 2. The molecule has 5 nitrogen and oxygen atoms in total. The van der Waals surface area contributed by atoms with Crippen LogP contribution in [0.3, 0.4) is 0 Å². The number of methoxy groups -OCH3 is 1. The van der Waals surface area contributed by atoms with Gasteiger partial charge >= 0.3 is 5.97 Å². The van der Waals surface area contributed by atoms with Crippen LogP contribution in [0, 0.1) is 0 Å². The minimum atomic E-state index is -0.396. The van der Waals surface area contributed by atoms with Gasteiger partial charge in [-0.25, -0.2) is 4.79 Å². The van der Waals surface area contributed by atoms with Crippen LogP contribution in [0.15, 0.2) is 48.5 Å². The van der Waals surface area contributed by atoms with E-state index in [9.17, 15) is 9.59 Å². The summed E-state index contributed by atoms with van der Waals surface area (Å²) < 4.78 is 4.67. The second-order valence-electron chi connectivity index (χ2n) is 4.81. The first-order chi connectivity index (χ1) is 11.1. The van der Waals surface area contributed by atoms with Gasteiger partial charge in [-0.15, -0.1) is 0 Å². The van der Waals surface area contributed by atoms with E-state index in [1.54, 1.807) is 42.5 Å².